The van der Waals surface area contributed by atoms with Crippen molar-refractivity contribution in [2.24, 2.45) is 11.8 Å². The molecule has 0 radical (unpaired) electrons. The normalized spacial score (nSPS) is 26.3. The Hall–Kier alpha value is -1.09. The van der Waals surface area contributed by atoms with Crippen LogP contribution in [0.3, 0.4) is 0 Å². The van der Waals surface area contributed by atoms with Crippen LogP contribution in [0.2, 0.25) is 0 Å². The SMILES string of the molecule is CC1CN(c2cccc(F)c2[C@H](C)O)CC1C. The fourth-order valence-electron chi connectivity index (χ4n) is 2.54. The third-order valence-corrected chi connectivity index (χ3v) is 3.78. The average Bonchev–Trinajstić information content (AvgIpc) is 2.58. The molecule has 0 bridgehead atoms. The standard InChI is InChI=1S/C14H20FNO/c1-9-7-16(8-10(9)2)13-6-4-5-12(15)14(13)11(3)17/h4-6,9-11,17H,7-8H2,1-3H3/t9?,10?,11-/m0/s1. The molecule has 2 nitrogen and oxygen atoms in total. The monoisotopic (exact) mass is 237 g/mol. The molecule has 1 aromatic rings. The Morgan fingerprint density at radius 2 is 1.88 bits per heavy atom. The lowest BCUT2D eigenvalue weighted by molar-refractivity contribution is 0.194. The number of benzene rings is 1. The van der Waals surface area contributed by atoms with Crippen molar-refractivity contribution >= 4 is 5.69 Å². The molecule has 1 heterocycles. The molecule has 1 fully saturated rings. The first kappa shape index (κ1) is 12.4. The van der Waals surface area contributed by atoms with Gasteiger partial charge in [0.1, 0.15) is 5.82 Å². The molecule has 1 saturated heterocycles. The van der Waals surface area contributed by atoms with Gasteiger partial charge in [0.05, 0.1) is 6.10 Å². The van der Waals surface area contributed by atoms with Crippen molar-refractivity contribution in [2.45, 2.75) is 26.9 Å². The van der Waals surface area contributed by atoms with E-state index in [1.54, 1.807) is 13.0 Å². The number of hydrogen-bond acceptors (Lipinski definition) is 2. The highest BCUT2D eigenvalue weighted by Crippen LogP contribution is 2.34. The Balaban J connectivity index is 2.36. The third-order valence-electron chi connectivity index (χ3n) is 3.78. The van der Waals surface area contributed by atoms with E-state index in [-0.39, 0.29) is 5.82 Å². The van der Waals surface area contributed by atoms with Crippen molar-refractivity contribution in [1.29, 1.82) is 0 Å². The van der Waals surface area contributed by atoms with E-state index in [9.17, 15) is 9.50 Å². The van der Waals surface area contributed by atoms with Crippen LogP contribution < -0.4 is 4.90 Å². The number of halogens is 1. The van der Waals surface area contributed by atoms with Gasteiger partial charge in [0.25, 0.3) is 0 Å². The van der Waals surface area contributed by atoms with E-state index < -0.39 is 6.10 Å². The maximum Gasteiger partial charge on any atom is 0.131 e. The first-order chi connectivity index (χ1) is 8.00. The second-order valence-corrected chi connectivity index (χ2v) is 5.21. The molecule has 3 atom stereocenters. The van der Waals surface area contributed by atoms with Crippen LogP contribution in [0, 0.1) is 17.7 Å². The molecule has 2 unspecified atom stereocenters. The van der Waals surface area contributed by atoms with E-state index >= 15 is 0 Å². The molecule has 1 N–H and O–H groups in total. The first-order valence-electron chi connectivity index (χ1n) is 6.22. The van der Waals surface area contributed by atoms with Crippen LogP contribution in [0.4, 0.5) is 10.1 Å². The maximum atomic E-state index is 13.8. The van der Waals surface area contributed by atoms with E-state index in [4.69, 9.17) is 0 Å². The second kappa shape index (κ2) is 4.65. The van der Waals surface area contributed by atoms with Gasteiger partial charge in [-0.05, 0) is 30.9 Å². The van der Waals surface area contributed by atoms with Gasteiger partial charge in [-0.3, -0.25) is 0 Å². The fourth-order valence-corrected chi connectivity index (χ4v) is 2.54. The Morgan fingerprint density at radius 3 is 2.41 bits per heavy atom. The van der Waals surface area contributed by atoms with Crippen molar-refractivity contribution in [3.8, 4) is 0 Å². The molecule has 94 valence electrons. The summed E-state index contributed by atoms with van der Waals surface area (Å²) in [6.45, 7) is 7.91. The van der Waals surface area contributed by atoms with E-state index in [1.165, 1.54) is 6.07 Å². The Bertz CT molecular complexity index is 395. The molecule has 0 amide bonds. The van der Waals surface area contributed by atoms with Gasteiger partial charge >= 0.3 is 0 Å². The van der Waals surface area contributed by atoms with Gasteiger partial charge in [-0.15, -0.1) is 0 Å². The lowest BCUT2D eigenvalue weighted by Crippen LogP contribution is -2.22. The second-order valence-electron chi connectivity index (χ2n) is 5.21. The maximum absolute atomic E-state index is 13.8. The van der Waals surface area contributed by atoms with Gasteiger partial charge < -0.3 is 10.0 Å². The lowest BCUT2D eigenvalue weighted by atomic mass is 10.0. The van der Waals surface area contributed by atoms with Gasteiger partial charge in [0.2, 0.25) is 0 Å². The Kier molecular flexibility index (Phi) is 3.38. The van der Waals surface area contributed by atoms with Crippen LogP contribution in [-0.2, 0) is 0 Å². The lowest BCUT2D eigenvalue weighted by Gasteiger charge is -2.23. The number of nitrogens with zero attached hydrogens (tertiary/aromatic N) is 1. The van der Waals surface area contributed by atoms with Crippen LogP contribution in [-0.4, -0.2) is 18.2 Å². The van der Waals surface area contributed by atoms with Gasteiger partial charge in [0, 0.05) is 24.3 Å². The molecule has 1 aromatic carbocycles. The minimum atomic E-state index is -0.766. The zero-order chi connectivity index (χ0) is 12.6. The molecular weight excluding hydrogens is 217 g/mol. The van der Waals surface area contributed by atoms with Crippen molar-refractivity contribution in [1.82, 2.24) is 0 Å². The highest BCUT2D eigenvalue weighted by atomic mass is 19.1. The number of aliphatic hydroxyl groups excluding tert-OH is 1. The van der Waals surface area contributed by atoms with Crippen molar-refractivity contribution in [3.63, 3.8) is 0 Å². The van der Waals surface area contributed by atoms with Gasteiger partial charge in [-0.1, -0.05) is 19.9 Å². The molecule has 0 saturated carbocycles. The van der Waals surface area contributed by atoms with Crippen LogP contribution in [0.25, 0.3) is 0 Å². The summed E-state index contributed by atoms with van der Waals surface area (Å²) in [7, 11) is 0. The van der Waals surface area contributed by atoms with Crippen LogP contribution >= 0.6 is 0 Å². The van der Waals surface area contributed by atoms with E-state index in [0.29, 0.717) is 17.4 Å². The smallest absolute Gasteiger partial charge is 0.131 e. The van der Waals surface area contributed by atoms with Crippen molar-refractivity contribution < 1.29 is 9.50 Å². The summed E-state index contributed by atoms with van der Waals surface area (Å²) in [6.07, 6.45) is -0.766. The first-order valence-corrected chi connectivity index (χ1v) is 6.22. The zero-order valence-corrected chi connectivity index (χ0v) is 10.7. The predicted molar refractivity (Wildman–Crippen MR) is 67.6 cm³/mol. The molecule has 17 heavy (non-hydrogen) atoms. The average molecular weight is 237 g/mol. The molecule has 1 aliphatic heterocycles. The van der Waals surface area contributed by atoms with Crippen LogP contribution in [0.5, 0.6) is 0 Å². The molecule has 0 aromatic heterocycles. The summed E-state index contributed by atoms with van der Waals surface area (Å²) < 4.78 is 13.8. The van der Waals surface area contributed by atoms with Crippen LogP contribution in [0.1, 0.15) is 32.4 Å². The molecule has 3 heteroatoms. The third kappa shape index (κ3) is 2.29. The Labute approximate surface area is 102 Å². The quantitative estimate of drug-likeness (QED) is 0.854. The molecule has 0 aliphatic carbocycles. The highest BCUT2D eigenvalue weighted by Gasteiger charge is 2.28. The zero-order valence-electron chi connectivity index (χ0n) is 10.7. The summed E-state index contributed by atoms with van der Waals surface area (Å²) in [5.74, 6) is 0.907. The van der Waals surface area contributed by atoms with Gasteiger partial charge in [0.15, 0.2) is 0 Å². The summed E-state index contributed by atoms with van der Waals surface area (Å²) >= 11 is 0. The van der Waals surface area contributed by atoms with E-state index in [2.05, 4.69) is 18.7 Å². The Morgan fingerprint density at radius 1 is 1.29 bits per heavy atom. The topological polar surface area (TPSA) is 23.5 Å². The van der Waals surface area contributed by atoms with Crippen LogP contribution in [0.15, 0.2) is 18.2 Å². The minimum Gasteiger partial charge on any atom is -0.389 e. The fraction of sp³-hybridized carbons (Fsp3) is 0.571. The van der Waals surface area contributed by atoms with Gasteiger partial charge in [-0.25, -0.2) is 4.39 Å². The van der Waals surface area contributed by atoms with Gasteiger partial charge in [-0.2, -0.15) is 0 Å². The summed E-state index contributed by atoms with van der Waals surface area (Å²) in [6, 6.07) is 5.02. The van der Waals surface area contributed by atoms with Crippen molar-refractivity contribution in [3.05, 3.63) is 29.6 Å². The molecule has 1 aliphatic rings. The molecule has 0 spiro atoms. The number of anilines is 1. The van der Waals surface area contributed by atoms with Crippen molar-refractivity contribution in [2.75, 3.05) is 18.0 Å². The minimum absolute atomic E-state index is 0.315. The highest BCUT2D eigenvalue weighted by molar-refractivity contribution is 5.56. The molecule has 2 rings (SSSR count). The molecular formula is C14H20FNO. The summed E-state index contributed by atoms with van der Waals surface area (Å²) in [5.41, 5.74) is 1.27. The number of aliphatic hydroxyl groups is 1. The van der Waals surface area contributed by atoms with E-state index in [0.717, 1.165) is 18.8 Å². The largest absolute Gasteiger partial charge is 0.389 e. The summed E-state index contributed by atoms with van der Waals surface area (Å²) in [4.78, 5) is 2.18. The summed E-state index contributed by atoms with van der Waals surface area (Å²) in [5, 5.41) is 9.71. The predicted octanol–water partition coefficient (Wildman–Crippen LogP) is 2.97. The number of rotatable bonds is 2. The number of hydrogen-bond donors (Lipinski definition) is 1. The van der Waals surface area contributed by atoms with E-state index in [1.807, 2.05) is 6.07 Å².